The van der Waals surface area contributed by atoms with Crippen LogP contribution in [-0.4, -0.2) is 43.0 Å². The molecule has 2 aromatic rings. The Bertz CT molecular complexity index is 862. The number of anilines is 1. The van der Waals surface area contributed by atoms with E-state index < -0.39 is 4.92 Å². The number of hydrogen-bond acceptors (Lipinski definition) is 5. The van der Waals surface area contributed by atoms with Crippen LogP contribution in [0, 0.1) is 10.1 Å². The number of carbonyl (C=O) groups excluding carboxylic acids is 1. The maximum Gasteiger partial charge on any atom is 0.270 e. The number of amides is 1. The van der Waals surface area contributed by atoms with Gasteiger partial charge < -0.3 is 14.5 Å². The zero-order valence-corrected chi connectivity index (χ0v) is 16.3. The van der Waals surface area contributed by atoms with Crippen molar-refractivity contribution in [2.24, 2.45) is 0 Å². The first-order valence-corrected chi connectivity index (χ1v) is 9.42. The lowest BCUT2D eigenvalue weighted by Gasteiger charge is -2.31. The van der Waals surface area contributed by atoms with Crippen molar-refractivity contribution in [2.75, 3.05) is 32.1 Å². The number of carbonyl (C=O) groups is 1. The molecule has 0 bridgehead atoms. The van der Waals surface area contributed by atoms with Crippen LogP contribution in [0.25, 0.3) is 0 Å². The first-order chi connectivity index (χ1) is 13.5. The molecule has 1 heterocycles. The van der Waals surface area contributed by atoms with E-state index in [1.165, 1.54) is 18.6 Å². The second-order valence-corrected chi connectivity index (χ2v) is 6.98. The zero-order valence-electron chi connectivity index (χ0n) is 16.3. The van der Waals surface area contributed by atoms with Crippen LogP contribution in [0.5, 0.6) is 5.75 Å². The normalized spacial score (nSPS) is 13.9. The van der Waals surface area contributed by atoms with Crippen LogP contribution in [0.4, 0.5) is 11.4 Å². The molecule has 7 nitrogen and oxygen atoms in total. The number of methoxy groups -OCH3 is 1. The molecule has 1 fully saturated rings. The summed E-state index contributed by atoms with van der Waals surface area (Å²) >= 11 is 0. The molecule has 0 unspecified atom stereocenters. The van der Waals surface area contributed by atoms with Crippen LogP contribution in [-0.2, 0) is 6.54 Å². The molecular formula is C21H25N3O4. The van der Waals surface area contributed by atoms with E-state index in [-0.39, 0.29) is 11.6 Å². The molecule has 1 amide bonds. The maximum absolute atomic E-state index is 13.2. The molecule has 28 heavy (non-hydrogen) atoms. The summed E-state index contributed by atoms with van der Waals surface area (Å²) in [5.74, 6) is 0.465. The molecule has 1 aliphatic heterocycles. The van der Waals surface area contributed by atoms with Gasteiger partial charge in [-0.25, -0.2) is 0 Å². The number of ether oxygens (including phenoxy) is 1. The Morgan fingerprint density at radius 3 is 2.57 bits per heavy atom. The van der Waals surface area contributed by atoms with Gasteiger partial charge in [0.05, 0.1) is 23.3 Å². The van der Waals surface area contributed by atoms with E-state index in [0.29, 0.717) is 17.9 Å². The van der Waals surface area contributed by atoms with Crippen LogP contribution in [0.15, 0.2) is 42.5 Å². The highest BCUT2D eigenvalue weighted by Gasteiger charge is 2.24. The Hall–Kier alpha value is -3.09. The van der Waals surface area contributed by atoms with Gasteiger partial charge in [-0.2, -0.15) is 0 Å². The third-order valence-electron chi connectivity index (χ3n) is 5.06. The monoisotopic (exact) mass is 383 g/mol. The first kappa shape index (κ1) is 19.7. The lowest BCUT2D eigenvalue weighted by Crippen LogP contribution is -2.33. The molecule has 148 valence electrons. The minimum atomic E-state index is -0.461. The molecule has 2 aromatic carbocycles. The summed E-state index contributed by atoms with van der Waals surface area (Å²) in [5, 5.41) is 11.3. The number of non-ortho nitro benzene ring substituents is 1. The first-order valence-electron chi connectivity index (χ1n) is 9.42. The van der Waals surface area contributed by atoms with Crippen molar-refractivity contribution in [3.8, 4) is 5.75 Å². The van der Waals surface area contributed by atoms with Crippen molar-refractivity contribution in [3.05, 3.63) is 63.7 Å². The SMILES string of the molecule is COc1ccccc1CN(C)C(=O)c1cc([N+](=O)[O-])ccc1N1CCCCC1. The maximum atomic E-state index is 13.2. The number of nitro groups is 1. The Morgan fingerprint density at radius 2 is 1.89 bits per heavy atom. The zero-order chi connectivity index (χ0) is 20.1. The fraction of sp³-hybridized carbons (Fsp3) is 0.381. The highest BCUT2D eigenvalue weighted by molar-refractivity contribution is 6.00. The number of nitrogens with zero attached hydrogens (tertiary/aromatic N) is 3. The van der Waals surface area contributed by atoms with Crippen molar-refractivity contribution < 1.29 is 14.5 Å². The van der Waals surface area contributed by atoms with E-state index in [1.807, 2.05) is 24.3 Å². The molecule has 0 saturated carbocycles. The summed E-state index contributed by atoms with van der Waals surface area (Å²) in [6, 6.07) is 12.1. The lowest BCUT2D eigenvalue weighted by atomic mass is 10.0. The number of nitro benzene ring substituents is 1. The summed E-state index contributed by atoms with van der Waals surface area (Å²) in [7, 11) is 3.29. The van der Waals surface area contributed by atoms with Gasteiger partial charge in [-0.3, -0.25) is 14.9 Å². The quantitative estimate of drug-likeness (QED) is 0.559. The smallest absolute Gasteiger partial charge is 0.270 e. The molecule has 0 N–H and O–H groups in total. The lowest BCUT2D eigenvalue weighted by molar-refractivity contribution is -0.384. The van der Waals surface area contributed by atoms with E-state index in [0.717, 1.165) is 37.2 Å². The third-order valence-corrected chi connectivity index (χ3v) is 5.06. The van der Waals surface area contributed by atoms with Gasteiger partial charge in [-0.05, 0) is 31.4 Å². The number of benzene rings is 2. The van der Waals surface area contributed by atoms with E-state index in [9.17, 15) is 14.9 Å². The summed E-state index contributed by atoms with van der Waals surface area (Å²) in [6.07, 6.45) is 3.28. The van der Waals surface area contributed by atoms with Crippen molar-refractivity contribution in [1.82, 2.24) is 4.90 Å². The van der Waals surface area contributed by atoms with Crippen molar-refractivity contribution >= 4 is 17.3 Å². The van der Waals surface area contributed by atoms with Gasteiger partial charge in [0, 0.05) is 44.4 Å². The van der Waals surface area contributed by atoms with Gasteiger partial charge in [0.1, 0.15) is 5.75 Å². The average Bonchev–Trinajstić information content (AvgIpc) is 2.73. The van der Waals surface area contributed by atoms with Gasteiger partial charge in [0.25, 0.3) is 11.6 Å². The molecular weight excluding hydrogens is 358 g/mol. The van der Waals surface area contributed by atoms with Gasteiger partial charge in [-0.15, -0.1) is 0 Å². The summed E-state index contributed by atoms with van der Waals surface area (Å²) in [6.45, 7) is 2.06. The van der Waals surface area contributed by atoms with Crippen LogP contribution < -0.4 is 9.64 Å². The summed E-state index contributed by atoms with van der Waals surface area (Å²) < 4.78 is 5.37. The van der Waals surface area contributed by atoms with Gasteiger partial charge in [0.15, 0.2) is 0 Å². The predicted octanol–water partition coefficient (Wildman–Crippen LogP) is 3.87. The number of para-hydroxylation sites is 1. The fourth-order valence-electron chi connectivity index (χ4n) is 3.59. The van der Waals surface area contributed by atoms with E-state index >= 15 is 0 Å². The van der Waals surface area contributed by atoms with Crippen LogP contribution >= 0.6 is 0 Å². The van der Waals surface area contributed by atoms with E-state index in [2.05, 4.69) is 4.90 Å². The number of piperidine rings is 1. The highest BCUT2D eigenvalue weighted by atomic mass is 16.6. The van der Waals surface area contributed by atoms with Gasteiger partial charge in [0.2, 0.25) is 0 Å². The highest BCUT2D eigenvalue weighted by Crippen LogP contribution is 2.29. The van der Waals surface area contributed by atoms with Crippen LogP contribution in [0.2, 0.25) is 0 Å². The molecule has 3 rings (SSSR count). The molecule has 0 aliphatic carbocycles. The molecule has 0 atom stereocenters. The summed E-state index contributed by atoms with van der Waals surface area (Å²) in [4.78, 5) is 27.7. The average molecular weight is 383 g/mol. The Kier molecular flexibility index (Phi) is 6.13. The largest absolute Gasteiger partial charge is 0.496 e. The molecule has 7 heteroatoms. The molecule has 1 saturated heterocycles. The number of rotatable bonds is 6. The second kappa shape index (κ2) is 8.73. The Labute approximate surface area is 164 Å². The Morgan fingerprint density at radius 1 is 1.18 bits per heavy atom. The van der Waals surface area contributed by atoms with Gasteiger partial charge in [-0.1, -0.05) is 18.2 Å². The van der Waals surface area contributed by atoms with E-state index in [4.69, 9.17) is 4.74 Å². The predicted molar refractivity (Wildman–Crippen MR) is 108 cm³/mol. The third kappa shape index (κ3) is 4.24. The van der Waals surface area contributed by atoms with Crippen LogP contribution in [0.3, 0.4) is 0 Å². The number of hydrogen-bond donors (Lipinski definition) is 0. The molecule has 0 radical (unpaired) electrons. The fourth-order valence-corrected chi connectivity index (χ4v) is 3.59. The molecule has 1 aliphatic rings. The van der Waals surface area contributed by atoms with Crippen molar-refractivity contribution in [2.45, 2.75) is 25.8 Å². The van der Waals surface area contributed by atoms with Crippen LogP contribution in [0.1, 0.15) is 35.2 Å². The minimum Gasteiger partial charge on any atom is -0.496 e. The topological polar surface area (TPSA) is 75.9 Å². The standard InChI is InChI=1S/C21H25N3O4/c1-22(15-16-8-4-5-9-20(16)28-2)21(25)18-14-17(24(26)27)10-11-19(18)23-12-6-3-7-13-23/h4-5,8-11,14H,3,6-7,12-13,15H2,1-2H3. The minimum absolute atomic E-state index is 0.0743. The van der Waals surface area contributed by atoms with E-state index in [1.54, 1.807) is 25.1 Å². The van der Waals surface area contributed by atoms with Crippen molar-refractivity contribution in [3.63, 3.8) is 0 Å². The second-order valence-electron chi connectivity index (χ2n) is 6.98. The van der Waals surface area contributed by atoms with Gasteiger partial charge >= 0.3 is 0 Å². The Balaban J connectivity index is 1.91. The van der Waals surface area contributed by atoms with Crippen molar-refractivity contribution in [1.29, 1.82) is 0 Å². The molecule has 0 aromatic heterocycles. The summed E-state index contributed by atoms with van der Waals surface area (Å²) in [5.41, 5.74) is 1.94. The molecule has 0 spiro atoms.